The third kappa shape index (κ3) is 3.59. The maximum Gasteiger partial charge on any atom is 0.311 e. The van der Waals surface area contributed by atoms with Crippen molar-refractivity contribution < 1.29 is 24.2 Å². The van der Waals surface area contributed by atoms with Gasteiger partial charge in [-0.15, -0.1) is 11.8 Å². The zero-order chi connectivity index (χ0) is 23.0. The van der Waals surface area contributed by atoms with E-state index in [0.29, 0.717) is 13.2 Å². The molecule has 176 valence electrons. The molecule has 4 aliphatic heterocycles. The Kier molecular flexibility index (Phi) is 6.73. The number of allylic oxidation sites excluding steroid dienone is 1. The molecular formula is C24H34N2O5S. The molecule has 8 heteroatoms. The summed E-state index contributed by atoms with van der Waals surface area (Å²) in [6.45, 7) is 6.47. The van der Waals surface area contributed by atoms with E-state index in [2.05, 4.69) is 13.0 Å². The first kappa shape index (κ1) is 23.4. The molecule has 7 nitrogen and oxygen atoms in total. The molecule has 0 radical (unpaired) electrons. The number of hydrogen-bond donors (Lipinski definition) is 1. The molecule has 0 saturated carbocycles. The highest BCUT2D eigenvalue weighted by Gasteiger charge is 2.71. The number of cyclic esters (lactones) is 1. The van der Waals surface area contributed by atoms with Gasteiger partial charge in [0, 0.05) is 17.8 Å². The number of aliphatic hydroxyl groups is 1. The van der Waals surface area contributed by atoms with Crippen LogP contribution in [0.3, 0.4) is 0 Å². The zero-order valence-corrected chi connectivity index (χ0v) is 19.9. The van der Waals surface area contributed by atoms with Gasteiger partial charge in [0.2, 0.25) is 11.8 Å². The molecule has 0 bridgehead atoms. The van der Waals surface area contributed by atoms with Crippen molar-refractivity contribution in [3.63, 3.8) is 0 Å². The standard InChI is InChI=1S/C24H34N2O5S/c1-4-9-15(2)25-12-8-11-24-19(21(28)26(16(3)14-27)20(24)22(25)29)18-17(32-24)10-6-5-7-13-31-23(18)30/h6,8,10-11,15-20,27H,4-5,7,9,12-14H2,1-3H3/b10-6-/t15?,16-,17-,18+,19+,20?,24+/m1/s1. The molecular weight excluding hydrogens is 428 g/mol. The predicted octanol–water partition coefficient (Wildman–Crippen LogP) is 2.14. The van der Waals surface area contributed by atoms with Crippen molar-refractivity contribution in [1.82, 2.24) is 9.80 Å². The first-order chi connectivity index (χ1) is 15.4. The third-order valence-corrected chi connectivity index (χ3v) is 9.04. The number of rotatable bonds is 5. The number of likely N-dealkylation sites (tertiary alicyclic amines) is 1. The van der Waals surface area contributed by atoms with Crippen molar-refractivity contribution in [3.8, 4) is 0 Å². The second-order valence-electron chi connectivity index (χ2n) is 9.39. The number of aliphatic hydroxyl groups excluding tert-OH is 1. The highest BCUT2D eigenvalue weighted by atomic mass is 32.2. The number of carbonyl (C=O) groups excluding carboxylic acids is 3. The summed E-state index contributed by atoms with van der Waals surface area (Å²) in [7, 11) is 0. The predicted molar refractivity (Wildman–Crippen MR) is 123 cm³/mol. The molecule has 0 aromatic carbocycles. The summed E-state index contributed by atoms with van der Waals surface area (Å²) in [4.78, 5) is 44.4. The summed E-state index contributed by atoms with van der Waals surface area (Å²) in [5.74, 6) is -2.01. The minimum Gasteiger partial charge on any atom is -0.465 e. The molecule has 2 unspecified atom stereocenters. The van der Waals surface area contributed by atoms with Crippen LogP contribution in [0.1, 0.15) is 46.5 Å². The number of hydrogen-bond acceptors (Lipinski definition) is 6. The summed E-state index contributed by atoms with van der Waals surface area (Å²) in [5.41, 5.74) is 0. The van der Waals surface area contributed by atoms with Gasteiger partial charge >= 0.3 is 5.97 Å². The van der Waals surface area contributed by atoms with Crippen molar-refractivity contribution in [2.24, 2.45) is 11.8 Å². The summed E-state index contributed by atoms with van der Waals surface area (Å²) >= 11 is 1.55. The van der Waals surface area contributed by atoms with Crippen molar-refractivity contribution >= 4 is 29.5 Å². The van der Waals surface area contributed by atoms with Crippen LogP contribution in [-0.4, -0.2) is 80.6 Å². The second kappa shape index (κ2) is 9.21. The van der Waals surface area contributed by atoms with Crippen LogP contribution in [0.4, 0.5) is 0 Å². The normalized spacial score (nSPS) is 37.4. The lowest BCUT2D eigenvalue weighted by molar-refractivity contribution is -0.153. The first-order valence-corrected chi connectivity index (χ1v) is 12.7. The quantitative estimate of drug-likeness (QED) is 0.498. The van der Waals surface area contributed by atoms with Crippen LogP contribution >= 0.6 is 11.8 Å². The van der Waals surface area contributed by atoms with Crippen LogP contribution in [0.5, 0.6) is 0 Å². The van der Waals surface area contributed by atoms with Crippen LogP contribution in [-0.2, 0) is 19.1 Å². The van der Waals surface area contributed by atoms with E-state index in [4.69, 9.17) is 4.74 Å². The van der Waals surface area contributed by atoms with Crippen molar-refractivity contribution in [2.45, 2.75) is 74.6 Å². The van der Waals surface area contributed by atoms with Gasteiger partial charge < -0.3 is 19.6 Å². The Labute approximate surface area is 194 Å². The molecule has 32 heavy (non-hydrogen) atoms. The average molecular weight is 463 g/mol. The van der Waals surface area contributed by atoms with Crippen molar-refractivity contribution in [3.05, 3.63) is 24.3 Å². The van der Waals surface area contributed by atoms with Crippen LogP contribution in [0.25, 0.3) is 0 Å². The minimum atomic E-state index is -0.851. The molecule has 2 saturated heterocycles. The van der Waals surface area contributed by atoms with E-state index in [1.807, 2.05) is 30.1 Å². The van der Waals surface area contributed by atoms with E-state index in [0.717, 1.165) is 25.7 Å². The topological polar surface area (TPSA) is 87.2 Å². The molecule has 4 aliphatic rings. The van der Waals surface area contributed by atoms with Gasteiger partial charge in [0.25, 0.3) is 0 Å². The third-order valence-electron chi connectivity index (χ3n) is 7.30. The number of carbonyl (C=O) groups is 3. The summed E-state index contributed by atoms with van der Waals surface area (Å²) in [5, 5.41) is 9.72. The zero-order valence-electron chi connectivity index (χ0n) is 19.1. The van der Waals surface area contributed by atoms with Gasteiger partial charge in [-0.1, -0.05) is 37.6 Å². The van der Waals surface area contributed by atoms with Gasteiger partial charge in [-0.2, -0.15) is 0 Å². The number of esters is 1. The molecule has 1 spiro atoms. The lowest BCUT2D eigenvalue weighted by Gasteiger charge is -2.39. The Hall–Kier alpha value is -1.80. The van der Waals surface area contributed by atoms with E-state index >= 15 is 0 Å². The summed E-state index contributed by atoms with van der Waals surface area (Å²) in [6, 6.07) is -1.22. The SMILES string of the molecule is CCCC(C)N1CC=C[C@]23S[C@@H]4/C=C\CCCOC(=O)[C@@H]4[C@H]2C(=O)N([C@H](C)CO)C3C1=O. The van der Waals surface area contributed by atoms with E-state index in [1.165, 1.54) is 0 Å². The van der Waals surface area contributed by atoms with E-state index < -0.39 is 28.7 Å². The number of ether oxygens (including phenoxy) is 1. The van der Waals surface area contributed by atoms with Gasteiger partial charge in [-0.25, -0.2) is 0 Å². The molecule has 0 aliphatic carbocycles. The molecule has 0 aromatic heterocycles. The van der Waals surface area contributed by atoms with E-state index in [9.17, 15) is 19.5 Å². The summed E-state index contributed by atoms with van der Waals surface area (Å²) in [6.07, 6.45) is 11.5. The number of thioether (sulfide) groups is 1. The highest BCUT2D eigenvalue weighted by Crippen LogP contribution is 2.61. The molecule has 2 amide bonds. The van der Waals surface area contributed by atoms with Crippen LogP contribution in [0.15, 0.2) is 24.3 Å². The van der Waals surface area contributed by atoms with Crippen LogP contribution < -0.4 is 0 Å². The average Bonchev–Trinajstić information content (AvgIpc) is 3.18. The van der Waals surface area contributed by atoms with Gasteiger partial charge in [-0.3, -0.25) is 14.4 Å². The second-order valence-corrected chi connectivity index (χ2v) is 10.9. The fourth-order valence-electron chi connectivity index (χ4n) is 5.74. The first-order valence-electron chi connectivity index (χ1n) is 11.8. The van der Waals surface area contributed by atoms with E-state index in [1.54, 1.807) is 23.6 Å². The fourth-order valence-corrected chi connectivity index (χ4v) is 7.73. The Bertz CT molecular complexity index is 829. The van der Waals surface area contributed by atoms with Gasteiger partial charge in [0.05, 0.1) is 35.8 Å². The maximum atomic E-state index is 14.0. The van der Waals surface area contributed by atoms with Gasteiger partial charge in [-0.05, 0) is 33.1 Å². The van der Waals surface area contributed by atoms with Crippen LogP contribution in [0, 0.1) is 11.8 Å². The summed E-state index contributed by atoms with van der Waals surface area (Å²) < 4.78 is 4.70. The lowest BCUT2D eigenvalue weighted by Crippen LogP contribution is -2.57. The number of nitrogens with zero attached hydrogens (tertiary/aromatic N) is 2. The maximum absolute atomic E-state index is 14.0. The van der Waals surface area contributed by atoms with Gasteiger partial charge in [0.15, 0.2) is 0 Å². The van der Waals surface area contributed by atoms with Gasteiger partial charge in [0.1, 0.15) is 6.04 Å². The Morgan fingerprint density at radius 2 is 2.00 bits per heavy atom. The Morgan fingerprint density at radius 3 is 2.72 bits per heavy atom. The number of amides is 2. The highest BCUT2D eigenvalue weighted by molar-refractivity contribution is 8.02. The monoisotopic (exact) mass is 462 g/mol. The Balaban J connectivity index is 1.82. The molecule has 4 rings (SSSR count). The van der Waals surface area contributed by atoms with Crippen molar-refractivity contribution in [1.29, 1.82) is 0 Å². The lowest BCUT2D eigenvalue weighted by atomic mass is 9.78. The number of fused-ring (bicyclic) bond motifs is 2. The fraction of sp³-hybridized carbons (Fsp3) is 0.708. The molecule has 1 N–H and O–H groups in total. The van der Waals surface area contributed by atoms with Crippen molar-refractivity contribution in [2.75, 3.05) is 19.8 Å². The molecule has 4 heterocycles. The van der Waals surface area contributed by atoms with E-state index in [-0.39, 0.29) is 35.7 Å². The molecule has 0 aromatic rings. The molecule has 7 atom stereocenters. The Morgan fingerprint density at radius 1 is 1.22 bits per heavy atom. The largest absolute Gasteiger partial charge is 0.465 e. The molecule has 2 fully saturated rings. The minimum absolute atomic E-state index is 0.0428. The van der Waals surface area contributed by atoms with Crippen LogP contribution in [0.2, 0.25) is 0 Å². The smallest absolute Gasteiger partial charge is 0.311 e.